The molecule has 0 aliphatic rings. The Morgan fingerprint density at radius 3 is 2.89 bits per heavy atom. The van der Waals surface area contributed by atoms with Crippen molar-refractivity contribution in [3.05, 3.63) is 40.5 Å². The molecule has 1 N–H and O–H groups in total. The third kappa shape index (κ3) is 3.32. The predicted molar refractivity (Wildman–Crippen MR) is 72.2 cm³/mol. The highest BCUT2D eigenvalue weighted by atomic mass is 35.5. The van der Waals surface area contributed by atoms with Crippen molar-refractivity contribution in [3.63, 3.8) is 0 Å². The van der Waals surface area contributed by atoms with E-state index in [1.54, 1.807) is 12.3 Å². The van der Waals surface area contributed by atoms with E-state index in [0.29, 0.717) is 23.6 Å². The molecule has 0 aliphatic heterocycles. The summed E-state index contributed by atoms with van der Waals surface area (Å²) in [6, 6.07) is 1.66. The molecule has 2 rings (SSSR count). The summed E-state index contributed by atoms with van der Waals surface area (Å²) >= 11 is 5.92. The minimum atomic E-state index is -0.104. The van der Waals surface area contributed by atoms with E-state index in [1.165, 1.54) is 6.20 Å². The van der Waals surface area contributed by atoms with E-state index in [2.05, 4.69) is 15.5 Å². The van der Waals surface area contributed by atoms with Gasteiger partial charge in [0.1, 0.15) is 5.76 Å². The van der Waals surface area contributed by atoms with Gasteiger partial charge in [-0.3, -0.25) is 9.78 Å². The van der Waals surface area contributed by atoms with E-state index in [9.17, 15) is 4.79 Å². The van der Waals surface area contributed by atoms with Gasteiger partial charge in [-0.25, -0.2) is 0 Å². The third-order valence-corrected chi connectivity index (χ3v) is 3.13. The van der Waals surface area contributed by atoms with Crippen LogP contribution in [0.25, 0.3) is 0 Å². The van der Waals surface area contributed by atoms with E-state index >= 15 is 0 Å². The second-order valence-corrected chi connectivity index (χ2v) is 4.61. The SMILES string of the molecule is Cc1noc(C)c1CCC(=O)Nc1ccncc1Cl. The number of carbonyl (C=O) groups excluding carboxylic acids is 1. The molecule has 0 bridgehead atoms. The first-order valence-electron chi connectivity index (χ1n) is 5.89. The number of anilines is 1. The Morgan fingerprint density at radius 2 is 2.26 bits per heavy atom. The molecule has 2 aromatic rings. The Kier molecular flexibility index (Phi) is 4.16. The number of hydrogen-bond donors (Lipinski definition) is 1. The Hall–Kier alpha value is -1.88. The summed E-state index contributed by atoms with van der Waals surface area (Å²) in [7, 11) is 0. The van der Waals surface area contributed by atoms with Crippen LogP contribution in [0.3, 0.4) is 0 Å². The summed E-state index contributed by atoms with van der Waals surface area (Å²) in [5.74, 6) is 0.653. The summed E-state index contributed by atoms with van der Waals surface area (Å²) in [6.45, 7) is 3.70. The molecule has 0 fully saturated rings. The van der Waals surface area contributed by atoms with Gasteiger partial charge in [-0.05, 0) is 26.3 Å². The molecule has 5 nitrogen and oxygen atoms in total. The van der Waals surface area contributed by atoms with E-state index in [4.69, 9.17) is 16.1 Å². The fourth-order valence-electron chi connectivity index (χ4n) is 1.79. The van der Waals surface area contributed by atoms with Gasteiger partial charge in [0.2, 0.25) is 5.91 Å². The van der Waals surface area contributed by atoms with Crippen molar-refractivity contribution in [2.24, 2.45) is 0 Å². The molecule has 2 heterocycles. The zero-order chi connectivity index (χ0) is 13.8. The first-order valence-corrected chi connectivity index (χ1v) is 6.27. The molecule has 0 spiro atoms. The van der Waals surface area contributed by atoms with Crippen LogP contribution in [0, 0.1) is 13.8 Å². The second-order valence-electron chi connectivity index (χ2n) is 4.21. The smallest absolute Gasteiger partial charge is 0.224 e. The molecule has 0 atom stereocenters. The van der Waals surface area contributed by atoms with E-state index in [0.717, 1.165) is 17.0 Å². The maximum Gasteiger partial charge on any atom is 0.224 e. The summed E-state index contributed by atoms with van der Waals surface area (Å²) in [4.78, 5) is 15.7. The first-order chi connectivity index (χ1) is 9.08. The Balaban J connectivity index is 1.94. The van der Waals surface area contributed by atoms with Crippen LogP contribution in [0.4, 0.5) is 5.69 Å². The van der Waals surface area contributed by atoms with E-state index < -0.39 is 0 Å². The number of aromatic nitrogens is 2. The lowest BCUT2D eigenvalue weighted by molar-refractivity contribution is -0.116. The van der Waals surface area contributed by atoms with Gasteiger partial charge in [-0.1, -0.05) is 16.8 Å². The summed E-state index contributed by atoms with van der Waals surface area (Å²) in [6.07, 6.45) is 4.01. The van der Waals surface area contributed by atoms with Crippen LogP contribution in [0.15, 0.2) is 23.0 Å². The zero-order valence-electron chi connectivity index (χ0n) is 10.7. The normalized spacial score (nSPS) is 10.5. The highest BCUT2D eigenvalue weighted by Gasteiger charge is 2.12. The maximum atomic E-state index is 11.8. The molecule has 1 amide bonds. The monoisotopic (exact) mass is 279 g/mol. The summed E-state index contributed by atoms with van der Waals surface area (Å²) in [5.41, 5.74) is 2.38. The molecule has 0 unspecified atom stereocenters. The molecule has 0 aliphatic carbocycles. The van der Waals surface area contributed by atoms with Crippen LogP contribution < -0.4 is 5.32 Å². The molecule has 2 aromatic heterocycles. The highest BCUT2D eigenvalue weighted by Crippen LogP contribution is 2.20. The lowest BCUT2D eigenvalue weighted by Crippen LogP contribution is -2.13. The summed E-state index contributed by atoms with van der Waals surface area (Å²) < 4.78 is 5.05. The number of carbonyl (C=O) groups is 1. The molecule has 0 saturated carbocycles. The molecule has 6 heteroatoms. The number of nitrogens with one attached hydrogen (secondary N) is 1. The number of aryl methyl sites for hydroxylation is 2. The van der Waals surface area contributed by atoms with Gasteiger partial charge < -0.3 is 9.84 Å². The van der Waals surface area contributed by atoms with Crippen molar-refractivity contribution in [2.75, 3.05) is 5.32 Å². The van der Waals surface area contributed by atoms with Crippen molar-refractivity contribution >= 4 is 23.2 Å². The molecule has 100 valence electrons. The van der Waals surface area contributed by atoms with E-state index in [-0.39, 0.29) is 5.91 Å². The Morgan fingerprint density at radius 1 is 1.47 bits per heavy atom. The van der Waals surface area contributed by atoms with Crippen molar-refractivity contribution in [3.8, 4) is 0 Å². The van der Waals surface area contributed by atoms with Gasteiger partial charge >= 0.3 is 0 Å². The summed E-state index contributed by atoms with van der Waals surface area (Å²) in [5, 5.41) is 7.03. The number of rotatable bonds is 4. The average Bonchev–Trinajstić information content (AvgIpc) is 2.70. The lowest BCUT2D eigenvalue weighted by Gasteiger charge is -2.06. The number of nitrogens with zero attached hydrogens (tertiary/aromatic N) is 2. The number of pyridine rings is 1. The molecule has 0 saturated heterocycles. The second kappa shape index (κ2) is 5.84. The standard InChI is InChI=1S/C13H14ClN3O2/c1-8-10(9(2)19-17-8)3-4-13(18)16-12-5-6-15-7-11(12)14/h5-7H,3-4H2,1-2H3,(H,15,16,18). The molecule has 0 aromatic carbocycles. The van der Waals surface area contributed by atoms with Gasteiger partial charge in [0.25, 0.3) is 0 Å². The fraction of sp³-hybridized carbons (Fsp3) is 0.308. The minimum Gasteiger partial charge on any atom is -0.361 e. The average molecular weight is 280 g/mol. The number of halogens is 1. The van der Waals surface area contributed by atoms with Gasteiger partial charge in [0.15, 0.2) is 0 Å². The third-order valence-electron chi connectivity index (χ3n) is 2.83. The van der Waals surface area contributed by atoms with Crippen molar-refractivity contribution in [1.29, 1.82) is 0 Å². The van der Waals surface area contributed by atoms with Gasteiger partial charge in [0, 0.05) is 24.4 Å². The lowest BCUT2D eigenvalue weighted by atomic mass is 10.1. The molecular formula is C13H14ClN3O2. The minimum absolute atomic E-state index is 0.104. The quantitative estimate of drug-likeness (QED) is 0.934. The topological polar surface area (TPSA) is 68.0 Å². The predicted octanol–water partition coefficient (Wildman–Crippen LogP) is 2.91. The Bertz CT molecular complexity index is 576. The van der Waals surface area contributed by atoms with Crippen molar-refractivity contribution < 1.29 is 9.32 Å². The van der Waals surface area contributed by atoms with Gasteiger partial charge in [-0.2, -0.15) is 0 Å². The van der Waals surface area contributed by atoms with Crippen LogP contribution in [0.2, 0.25) is 5.02 Å². The van der Waals surface area contributed by atoms with Gasteiger partial charge in [0.05, 0.1) is 16.4 Å². The largest absolute Gasteiger partial charge is 0.361 e. The van der Waals surface area contributed by atoms with Gasteiger partial charge in [-0.15, -0.1) is 0 Å². The fourth-order valence-corrected chi connectivity index (χ4v) is 1.95. The van der Waals surface area contributed by atoms with Crippen molar-refractivity contribution in [1.82, 2.24) is 10.1 Å². The van der Waals surface area contributed by atoms with Crippen LogP contribution >= 0.6 is 11.6 Å². The molecular weight excluding hydrogens is 266 g/mol. The van der Waals surface area contributed by atoms with Crippen LogP contribution in [0.1, 0.15) is 23.4 Å². The number of amides is 1. The molecule has 19 heavy (non-hydrogen) atoms. The molecule has 0 radical (unpaired) electrons. The van der Waals surface area contributed by atoms with Crippen LogP contribution in [-0.2, 0) is 11.2 Å². The van der Waals surface area contributed by atoms with Crippen molar-refractivity contribution in [2.45, 2.75) is 26.7 Å². The van der Waals surface area contributed by atoms with Crippen LogP contribution in [-0.4, -0.2) is 16.0 Å². The van der Waals surface area contributed by atoms with Crippen LogP contribution in [0.5, 0.6) is 0 Å². The maximum absolute atomic E-state index is 11.8. The Labute approximate surface area is 116 Å². The number of hydrogen-bond acceptors (Lipinski definition) is 4. The van der Waals surface area contributed by atoms with E-state index in [1.807, 2.05) is 13.8 Å². The zero-order valence-corrected chi connectivity index (χ0v) is 11.5. The highest BCUT2D eigenvalue weighted by molar-refractivity contribution is 6.33. The first kappa shape index (κ1) is 13.5.